The summed E-state index contributed by atoms with van der Waals surface area (Å²) in [6.07, 6.45) is 1.30. The predicted octanol–water partition coefficient (Wildman–Crippen LogP) is 4.26. The van der Waals surface area contributed by atoms with Crippen LogP contribution in [0.2, 0.25) is 0 Å². The minimum atomic E-state index is -0.183. The molecule has 1 fully saturated rings. The van der Waals surface area contributed by atoms with Crippen molar-refractivity contribution in [3.8, 4) is 5.75 Å². The van der Waals surface area contributed by atoms with Crippen molar-refractivity contribution in [2.75, 3.05) is 25.0 Å². The molecule has 0 aliphatic carbocycles. The zero-order valence-electron chi connectivity index (χ0n) is 16.6. The first-order valence-corrected chi connectivity index (χ1v) is 10.4. The van der Waals surface area contributed by atoms with Gasteiger partial charge in [0.15, 0.2) is 11.7 Å². The highest BCUT2D eigenvalue weighted by atomic mass is 32.1. The summed E-state index contributed by atoms with van der Waals surface area (Å²) in [5, 5.41) is 5.52. The Kier molecular flexibility index (Phi) is 6.50. The average Bonchev–Trinajstić information content (AvgIpc) is 3.02. The molecule has 0 spiro atoms. The van der Waals surface area contributed by atoms with E-state index in [0.717, 1.165) is 54.0 Å². The number of hydrogen-bond donors (Lipinski definition) is 1. The summed E-state index contributed by atoms with van der Waals surface area (Å²) >= 11 is 1.47. The van der Waals surface area contributed by atoms with E-state index in [1.165, 1.54) is 17.8 Å². The number of carbonyl (C=O) groups excluding carboxylic acids is 1. The lowest BCUT2D eigenvalue weighted by molar-refractivity contribution is -0.118. The van der Waals surface area contributed by atoms with Crippen LogP contribution in [-0.4, -0.2) is 35.5 Å². The summed E-state index contributed by atoms with van der Waals surface area (Å²) < 4.78 is 5.66. The second kappa shape index (κ2) is 8.85. The molecule has 27 heavy (non-hydrogen) atoms. The van der Waals surface area contributed by atoms with E-state index in [2.05, 4.69) is 29.0 Å². The van der Waals surface area contributed by atoms with E-state index in [1.54, 1.807) is 0 Å². The number of thiazole rings is 1. The quantitative estimate of drug-likeness (QED) is 0.805. The first-order chi connectivity index (χ1) is 12.9. The summed E-state index contributed by atoms with van der Waals surface area (Å²) in [5.74, 6) is 2.03. The van der Waals surface area contributed by atoms with Crippen LogP contribution in [0.3, 0.4) is 0 Å². The van der Waals surface area contributed by atoms with Crippen LogP contribution >= 0.6 is 11.3 Å². The highest BCUT2D eigenvalue weighted by molar-refractivity contribution is 7.13. The molecule has 1 aliphatic rings. The lowest BCUT2D eigenvalue weighted by Gasteiger charge is -2.34. The first-order valence-electron chi connectivity index (χ1n) is 9.56. The molecule has 1 aromatic heterocycles. The van der Waals surface area contributed by atoms with Crippen LogP contribution in [0.25, 0.3) is 0 Å². The van der Waals surface area contributed by atoms with Gasteiger partial charge in [0, 0.05) is 25.0 Å². The number of nitrogens with zero attached hydrogens (tertiary/aromatic N) is 2. The molecule has 6 heteroatoms. The number of likely N-dealkylation sites (tertiary alicyclic amines) is 1. The number of rotatable bonds is 6. The Bertz CT molecular complexity index is 779. The lowest BCUT2D eigenvalue weighted by Crippen LogP contribution is -2.38. The van der Waals surface area contributed by atoms with E-state index in [4.69, 9.17) is 4.74 Å². The summed E-state index contributed by atoms with van der Waals surface area (Å²) in [6, 6.07) is 5.85. The van der Waals surface area contributed by atoms with Crippen LogP contribution in [0.1, 0.15) is 37.1 Å². The second-order valence-electron chi connectivity index (χ2n) is 7.82. The van der Waals surface area contributed by atoms with Crippen LogP contribution in [0.15, 0.2) is 23.6 Å². The van der Waals surface area contributed by atoms with Crippen LogP contribution < -0.4 is 10.1 Å². The fourth-order valence-electron chi connectivity index (χ4n) is 3.77. The minimum Gasteiger partial charge on any atom is -0.483 e. The molecular formula is C21H29N3O2S. The van der Waals surface area contributed by atoms with Crippen molar-refractivity contribution in [3.63, 3.8) is 0 Å². The zero-order valence-corrected chi connectivity index (χ0v) is 17.4. The van der Waals surface area contributed by atoms with E-state index in [1.807, 2.05) is 37.4 Å². The molecule has 0 saturated carbocycles. The predicted molar refractivity (Wildman–Crippen MR) is 110 cm³/mol. The number of aromatic nitrogens is 1. The van der Waals surface area contributed by atoms with Gasteiger partial charge in [0.1, 0.15) is 5.75 Å². The molecule has 1 amide bonds. The van der Waals surface area contributed by atoms with Gasteiger partial charge in [0.25, 0.3) is 5.91 Å². The van der Waals surface area contributed by atoms with E-state index in [-0.39, 0.29) is 12.5 Å². The highest BCUT2D eigenvalue weighted by Gasteiger charge is 2.22. The second-order valence-corrected chi connectivity index (χ2v) is 8.68. The van der Waals surface area contributed by atoms with Gasteiger partial charge in [-0.25, -0.2) is 4.98 Å². The Morgan fingerprint density at radius 2 is 2.04 bits per heavy atom. The smallest absolute Gasteiger partial charge is 0.264 e. The van der Waals surface area contributed by atoms with Gasteiger partial charge in [0.05, 0.1) is 5.69 Å². The first kappa shape index (κ1) is 19.8. The number of carbonyl (C=O) groups is 1. The molecule has 146 valence electrons. The molecule has 0 bridgehead atoms. The third kappa shape index (κ3) is 5.53. The Hall–Kier alpha value is -1.92. The average molecular weight is 388 g/mol. The fraction of sp³-hybridized carbons (Fsp3) is 0.524. The van der Waals surface area contributed by atoms with Gasteiger partial charge in [-0.2, -0.15) is 0 Å². The van der Waals surface area contributed by atoms with Crippen molar-refractivity contribution in [2.24, 2.45) is 11.8 Å². The standard InChI is InChI=1S/C21H29N3O2S/c1-14-8-15(2)10-24(9-14)11-18-13-27-21(22-18)23-20(25)12-26-19-7-5-6-16(3)17(19)4/h5-7,13-15H,8-12H2,1-4H3,(H,22,23,25). The van der Waals surface area contributed by atoms with Gasteiger partial charge in [-0.3, -0.25) is 15.0 Å². The van der Waals surface area contributed by atoms with E-state index in [0.29, 0.717) is 5.13 Å². The largest absolute Gasteiger partial charge is 0.483 e. The SMILES string of the molecule is Cc1cccc(OCC(=O)Nc2nc(CN3CC(C)CC(C)C3)cs2)c1C. The summed E-state index contributed by atoms with van der Waals surface area (Å²) in [4.78, 5) is 19.2. The number of nitrogens with one attached hydrogen (secondary N) is 1. The van der Waals surface area contributed by atoms with Gasteiger partial charge in [0.2, 0.25) is 0 Å². The Labute approximate surface area is 165 Å². The monoisotopic (exact) mass is 387 g/mol. The summed E-state index contributed by atoms with van der Waals surface area (Å²) in [7, 11) is 0. The molecule has 1 aromatic carbocycles. The Balaban J connectivity index is 1.50. The van der Waals surface area contributed by atoms with Gasteiger partial charge in [-0.05, 0) is 49.3 Å². The van der Waals surface area contributed by atoms with Crippen LogP contribution in [0.5, 0.6) is 5.75 Å². The molecule has 5 nitrogen and oxygen atoms in total. The maximum atomic E-state index is 12.2. The molecule has 1 aliphatic heterocycles. The number of benzene rings is 1. The van der Waals surface area contributed by atoms with Crippen molar-refractivity contribution < 1.29 is 9.53 Å². The van der Waals surface area contributed by atoms with Crippen LogP contribution in [0.4, 0.5) is 5.13 Å². The van der Waals surface area contributed by atoms with Crippen molar-refractivity contribution in [1.29, 1.82) is 0 Å². The van der Waals surface area contributed by atoms with Crippen molar-refractivity contribution >= 4 is 22.4 Å². The summed E-state index contributed by atoms with van der Waals surface area (Å²) in [6.45, 7) is 11.7. The van der Waals surface area contributed by atoms with Crippen molar-refractivity contribution in [1.82, 2.24) is 9.88 Å². The van der Waals surface area contributed by atoms with Crippen molar-refractivity contribution in [2.45, 2.75) is 40.7 Å². The van der Waals surface area contributed by atoms with Crippen molar-refractivity contribution in [3.05, 3.63) is 40.4 Å². The number of piperidine rings is 1. The van der Waals surface area contributed by atoms with Gasteiger partial charge >= 0.3 is 0 Å². The molecule has 2 atom stereocenters. The molecule has 2 heterocycles. The Morgan fingerprint density at radius 3 is 2.78 bits per heavy atom. The number of ether oxygens (including phenoxy) is 1. The van der Waals surface area contributed by atoms with Gasteiger partial charge in [-0.1, -0.05) is 26.0 Å². The van der Waals surface area contributed by atoms with E-state index < -0.39 is 0 Å². The van der Waals surface area contributed by atoms with Crippen LogP contribution in [-0.2, 0) is 11.3 Å². The normalized spacial score (nSPS) is 20.4. The molecule has 0 radical (unpaired) electrons. The topological polar surface area (TPSA) is 54.5 Å². The molecule has 3 rings (SSSR count). The minimum absolute atomic E-state index is 0.0135. The van der Waals surface area contributed by atoms with E-state index >= 15 is 0 Å². The molecule has 2 aromatic rings. The van der Waals surface area contributed by atoms with Gasteiger partial charge < -0.3 is 4.74 Å². The third-order valence-electron chi connectivity index (χ3n) is 5.04. The third-order valence-corrected chi connectivity index (χ3v) is 5.85. The molecular weight excluding hydrogens is 358 g/mol. The number of amides is 1. The number of aryl methyl sites for hydroxylation is 1. The maximum absolute atomic E-state index is 12.2. The molecule has 1 saturated heterocycles. The molecule has 1 N–H and O–H groups in total. The summed E-state index contributed by atoms with van der Waals surface area (Å²) in [5.41, 5.74) is 3.23. The Morgan fingerprint density at radius 1 is 1.30 bits per heavy atom. The van der Waals surface area contributed by atoms with Crippen LogP contribution in [0, 0.1) is 25.7 Å². The molecule has 2 unspecified atom stereocenters. The number of anilines is 1. The zero-order chi connectivity index (χ0) is 19.4. The van der Waals surface area contributed by atoms with E-state index in [9.17, 15) is 4.79 Å². The lowest BCUT2D eigenvalue weighted by atomic mass is 9.92. The fourth-order valence-corrected chi connectivity index (χ4v) is 4.48. The van der Waals surface area contributed by atoms with Gasteiger partial charge in [-0.15, -0.1) is 11.3 Å². The maximum Gasteiger partial charge on any atom is 0.264 e. The number of hydrogen-bond acceptors (Lipinski definition) is 5. The highest BCUT2D eigenvalue weighted by Crippen LogP contribution is 2.24.